The predicted octanol–water partition coefficient (Wildman–Crippen LogP) is 3.97. The molecule has 2 fully saturated rings. The van der Waals surface area contributed by atoms with E-state index in [0.29, 0.717) is 49.8 Å². The number of fused-ring (bicyclic) bond motifs is 1. The van der Waals surface area contributed by atoms with Gasteiger partial charge in [-0.15, -0.1) is 0 Å². The average molecular weight is 409 g/mol. The van der Waals surface area contributed by atoms with Gasteiger partial charge in [-0.05, 0) is 30.2 Å². The SMILES string of the molecule is O=S(=O)(c1cccc2ccccc12)N1CCN(CC2CCC(F)(F)CC2)CC1. The number of halogens is 2. The van der Waals surface area contributed by atoms with Gasteiger partial charge in [-0.25, -0.2) is 17.2 Å². The molecule has 0 aromatic heterocycles. The topological polar surface area (TPSA) is 40.6 Å². The standard InChI is InChI=1S/C21H26F2N2O2S/c22-21(23)10-8-17(9-11-21)16-24-12-14-25(15-13-24)28(26,27)20-7-3-5-18-4-1-2-6-19(18)20/h1-7,17H,8-16H2. The Bertz CT molecular complexity index is 925. The minimum absolute atomic E-state index is 0.0207. The number of piperazine rings is 1. The number of benzene rings is 2. The summed E-state index contributed by atoms with van der Waals surface area (Å²) < 4.78 is 54.6. The third kappa shape index (κ3) is 4.07. The molecule has 2 aliphatic rings. The Kier molecular flexibility index (Phi) is 5.42. The summed E-state index contributed by atoms with van der Waals surface area (Å²) in [6, 6.07) is 12.9. The van der Waals surface area contributed by atoms with Gasteiger partial charge >= 0.3 is 0 Å². The maximum absolute atomic E-state index is 13.3. The van der Waals surface area contributed by atoms with Gasteiger partial charge in [0.1, 0.15) is 0 Å². The van der Waals surface area contributed by atoms with Gasteiger partial charge in [-0.2, -0.15) is 4.31 Å². The minimum atomic E-state index is -3.55. The smallest absolute Gasteiger partial charge is 0.248 e. The number of sulfonamides is 1. The zero-order chi connectivity index (χ0) is 19.8. The number of rotatable bonds is 4. The summed E-state index contributed by atoms with van der Waals surface area (Å²) >= 11 is 0. The van der Waals surface area contributed by atoms with Crippen molar-refractivity contribution >= 4 is 20.8 Å². The highest BCUT2D eigenvalue weighted by atomic mass is 32.2. The molecule has 1 saturated carbocycles. The van der Waals surface area contributed by atoms with Gasteiger partial charge in [-0.1, -0.05) is 36.4 Å². The fourth-order valence-corrected chi connectivity index (χ4v) is 6.00. The van der Waals surface area contributed by atoms with E-state index in [2.05, 4.69) is 4.90 Å². The van der Waals surface area contributed by atoms with Crippen LogP contribution >= 0.6 is 0 Å². The molecule has 0 radical (unpaired) electrons. The van der Waals surface area contributed by atoms with Gasteiger partial charge < -0.3 is 4.90 Å². The first-order valence-electron chi connectivity index (χ1n) is 9.93. The molecule has 1 aliphatic carbocycles. The second kappa shape index (κ2) is 7.69. The lowest BCUT2D eigenvalue weighted by molar-refractivity contribution is -0.0495. The van der Waals surface area contributed by atoms with E-state index < -0.39 is 15.9 Å². The molecule has 4 nitrogen and oxygen atoms in total. The first-order chi connectivity index (χ1) is 13.4. The van der Waals surface area contributed by atoms with Crippen LogP contribution in [0.2, 0.25) is 0 Å². The molecule has 0 unspecified atom stereocenters. The molecule has 1 heterocycles. The zero-order valence-electron chi connectivity index (χ0n) is 15.9. The fraction of sp³-hybridized carbons (Fsp3) is 0.524. The Hall–Kier alpha value is -1.57. The van der Waals surface area contributed by atoms with Crippen molar-refractivity contribution in [2.45, 2.75) is 36.5 Å². The van der Waals surface area contributed by atoms with Crippen LogP contribution < -0.4 is 0 Å². The normalized spacial score (nSPS) is 22.5. The van der Waals surface area contributed by atoms with Crippen LogP contribution in [-0.2, 0) is 10.0 Å². The third-order valence-corrected chi connectivity index (χ3v) is 8.01. The van der Waals surface area contributed by atoms with Crippen molar-refractivity contribution in [1.82, 2.24) is 9.21 Å². The van der Waals surface area contributed by atoms with Crippen molar-refractivity contribution in [2.75, 3.05) is 32.7 Å². The second-order valence-corrected chi connectivity index (χ2v) is 9.89. The van der Waals surface area contributed by atoms with Crippen LogP contribution in [0.1, 0.15) is 25.7 Å². The third-order valence-electron chi connectivity index (χ3n) is 6.05. The van der Waals surface area contributed by atoms with Gasteiger partial charge in [-0.3, -0.25) is 0 Å². The van der Waals surface area contributed by atoms with Crippen molar-refractivity contribution in [1.29, 1.82) is 0 Å². The van der Waals surface area contributed by atoms with Crippen LogP contribution in [0, 0.1) is 5.92 Å². The number of alkyl halides is 2. The first kappa shape index (κ1) is 19.7. The second-order valence-electron chi connectivity index (χ2n) is 7.98. The summed E-state index contributed by atoms with van der Waals surface area (Å²) in [6.07, 6.45) is 1.07. The van der Waals surface area contributed by atoms with E-state index in [1.54, 1.807) is 16.4 Å². The van der Waals surface area contributed by atoms with E-state index in [0.717, 1.165) is 17.3 Å². The first-order valence-corrected chi connectivity index (χ1v) is 11.4. The highest BCUT2D eigenvalue weighted by molar-refractivity contribution is 7.89. The number of hydrogen-bond acceptors (Lipinski definition) is 3. The summed E-state index contributed by atoms with van der Waals surface area (Å²) in [7, 11) is -3.55. The Labute approximate surface area is 165 Å². The predicted molar refractivity (Wildman–Crippen MR) is 106 cm³/mol. The van der Waals surface area contributed by atoms with Crippen LogP contribution in [0.5, 0.6) is 0 Å². The summed E-state index contributed by atoms with van der Waals surface area (Å²) in [5, 5.41) is 1.66. The van der Waals surface area contributed by atoms with Crippen molar-refractivity contribution in [2.24, 2.45) is 5.92 Å². The highest BCUT2D eigenvalue weighted by Crippen LogP contribution is 2.36. The van der Waals surface area contributed by atoms with Crippen molar-refractivity contribution in [3.63, 3.8) is 0 Å². The van der Waals surface area contributed by atoms with E-state index >= 15 is 0 Å². The summed E-state index contributed by atoms with van der Waals surface area (Å²) in [5.41, 5.74) is 0. The lowest BCUT2D eigenvalue weighted by Crippen LogP contribution is -2.50. The fourth-order valence-electron chi connectivity index (χ4n) is 4.36. The zero-order valence-corrected chi connectivity index (χ0v) is 16.7. The van der Waals surface area contributed by atoms with Crippen LogP contribution in [0.15, 0.2) is 47.4 Å². The molecular weight excluding hydrogens is 382 g/mol. The maximum Gasteiger partial charge on any atom is 0.248 e. The highest BCUT2D eigenvalue weighted by Gasteiger charge is 2.36. The summed E-state index contributed by atoms with van der Waals surface area (Å²) in [5.74, 6) is -2.21. The van der Waals surface area contributed by atoms with Gasteiger partial charge in [0.05, 0.1) is 4.90 Å². The number of hydrogen-bond donors (Lipinski definition) is 0. The maximum atomic E-state index is 13.3. The van der Waals surface area contributed by atoms with E-state index in [9.17, 15) is 17.2 Å². The summed E-state index contributed by atoms with van der Waals surface area (Å²) in [4.78, 5) is 2.58. The molecule has 1 saturated heterocycles. The molecule has 0 amide bonds. The Morgan fingerprint density at radius 2 is 1.57 bits per heavy atom. The molecule has 0 atom stereocenters. The van der Waals surface area contributed by atoms with Crippen molar-refractivity contribution in [3.05, 3.63) is 42.5 Å². The van der Waals surface area contributed by atoms with E-state index in [1.807, 2.05) is 30.3 Å². The Balaban J connectivity index is 1.40. The quantitative estimate of drug-likeness (QED) is 0.769. The largest absolute Gasteiger partial charge is 0.300 e. The van der Waals surface area contributed by atoms with Crippen LogP contribution in [0.3, 0.4) is 0 Å². The van der Waals surface area contributed by atoms with Gasteiger partial charge in [0.2, 0.25) is 15.9 Å². The van der Waals surface area contributed by atoms with Crippen LogP contribution in [0.4, 0.5) is 8.78 Å². The van der Waals surface area contributed by atoms with Gasteiger partial charge in [0, 0.05) is 51.0 Å². The molecule has 2 aromatic carbocycles. The Morgan fingerprint density at radius 1 is 0.929 bits per heavy atom. The van der Waals surface area contributed by atoms with Crippen molar-refractivity contribution in [3.8, 4) is 0 Å². The van der Waals surface area contributed by atoms with Gasteiger partial charge in [0.15, 0.2) is 0 Å². The van der Waals surface area contributed by atoms with Crippen molar-refractivity contribution < 1.29 is 17.2 Å². The molecule has 0 bridgehead atoms. The lowest BCUT2D eigenvalue weighted by Gasteiger charge is -2.37. The van der Waals surface area contributed by atoms with Crippen LogP contribution in [0.25, 0.3) is 10.8 Å². The molecule has 4 rings (SSSR count). The molecule has 2 aromatic rings. The minimum Gasteiger partial charge on any atom is -0.300 e. The monoisotopic (exact) mass is 408 g/mol. The van der Waals surface area contributed by atoms with E-state index in [-0.39, 0.29) is 12.8 Å². The average Bonchev–Trinajstić information content (AvgIpc) is 2.69. The molecule has 0 spiro atoms. The number of nitrogens with zero attached hydrogens (tertiary/aromatic N) is 2. The molecule has 1 aliphatic heterocycles. The molecular formula is C21H26F2N2O2S. The van der Waals surface area contributed by atoms with E-state index in [4.69, 9.17) is 0 Å². The molecule has 152 valence electrons. The molecule has 28 heavy (non-hydrogen) atoms. The Morgan fingerprint density at radius 3 is 2.29 bits per heavy atom. The molecule has 0 N–H and O–H groups in total. The molecule has 7 heteroatoms. The summed E-state index contributed by atoms with van der Waals surface area (Å²) in [6.45, 7) is 2.97. The van der Waals surface area contributed by atoms with Crippen LogP contribution in [-0.4, -0.2) is 56.3 Å². The lowest BCUT2D eigenvalue weighted by atomic mass is 9.86. The van der Waals surface area contributed by atoms with E-state index in [1.165, 1.54) is 0 Å². The van der Waals surface area contributed by atoms with Gasteiger partial charge in [0.25, 0.3) is 0 Å².